The first-order chi connectivity index (χ1) is 19.3. The van der Waals surface area contributed by atoms with Crippen LogP contribution in [0.3, 0.4) is 0 Å². The minimum atomic E-state index is -4.90. The summed E-state index contributed by atoms with van der Waals surface area (Å²) in [6.07, 6.45) is -3.34. The molecule has 0 spiro atoms. The highest BCUT2D eigenvalue weighted by atomic mass is 19.4. The molecule has 0 bridgehead atoms. The molecule has 4 amide bonds. The number of carbonyl (C=O) groups excluding carboxylic acids is 3. The smallest absolute Gasteiger partial charge is 0.348 e. The summed E-state index contributed by atoms with van der Waals surface area (Å²) < 4.78 is 55.7. The minimum absolute atomic E-state index is 0.0153. The molecule has 1 aliphatic heterocycles. The molecule has 1 saturated heterocycles. The zero-order valence-corrected chi connectivity index (χ0v) is 21.5. The van der Waals surface area contributed by atoms with Crippen LogP contribution in [0.15, 0.2) is 60.8 Å². The predicted octanol–water partition coefficient (Wildman–Crippen LogP) is 5.27. The van der Waals surface area contributed by atoms with E-state index in [1.165, 1.54) is 32.0 Å². The van der Waals surface area contributed by atoms with Crippen LogP contribution in [0, 0.1) is 17.1 Å². The molecule has 5 rings (SSSR count). The van der Waals surface area contributed by atoms with Gasteiger partial charge in [-0.25, -0.2) is 14.1 Å². The largest absolute Gasteiger partial charge is 0.417 e. The van der Waals surface area contributed by atoms with Crippen LogP contribution in [0.5, 0.6) is 0 Å². The van der Waals surface area contributed by atoms with Crippen molar-refractivity contribution >= 4 is 40.1 Å². The lowest BCUT2D eigenvalue weighted by molar-refractivity contribution is -0.137. The number of anilines is 2. The van der Waals surface area contributed by atoms with Crippen molar-refractivity contribution in [2.45, 2.75) is 32.1 Å². The predicted molar refractivity (Wildman–Crippen MR) is 139 cm³/mol. The molecule has 208 valence electrons. The molecule has 41 heavy (non-hydrogen) atoms. The van der Waals surface area contributed by atoms with Gasteiger partial charge in [-0.2, -0.15) is 23.5 Å². The number of urea groups is 1. The molecule has 4 aromatic rings. The standard InChI is InChI=1S/C28H20F4N6O3/c1-27(2)25(40)37(19-6-3-16(12-33)21(10-19)28(30,31)32)26(41)38(27)20-7-4-17(22(29)11-20)13-34-24(39)15-5-8-23-18(9-15)14-35-36-23/h3-11,14H,13H2,1-2H3,(H,34,39)(H,35,36). The first-order valence-electron chi connectivity index (χ1n) is 12.1. The van der Waals surface area contributed by atoms with Gasteiger partial charge in [-0.3, -0.25) is 19.6 Å². The van der Waals surface area contributed by atoms with Gasteiger partial charge in [0.25, 0.3) is 11.8 Å². The Morgan fingerprint density at radius 2 is 1.80 bits per heavy atom. The van der Waals surface area contributed by atoms with Gasteiger partial charge in [-0.15, -0.1) is 0 Å². The van der Waals surface area contributed by atoms with Crippen molar-refractivity contribution in [1.82, 2.24) is 15.5 Å². The molecule has 2 N–H and O–H groups in total. The van der Waals surface area contributed by atoms with Crippen molar-refractivity contribution in [2.75, 3.05) is 9.80 Å². The Morgan fingerprint density at radius 3 is 2.49 bits per heavy atom. The number of nitrogens with one attached hydrogen (secondary N) is 2. The van der Waals surface area contributed by atoms with Crippen molar-refractivity contribution in [3.8, 4) is 6.07 Å². The first-order valence-corrected chi connectivity index (χ1v) is 12.1. The Hall–Kier alpha value is -5.25. The topological polar surface area (TPSA) is 122 Å². The van der Waals surface area contributed by atoms with Gasteiger partial charge in [0, 0.05) is 28.7 Å². The number of aromatic nitrogens is 2. The van der Waals surface area contributed by atoms with Crippen molar-refractivity contribution in [1.29, 1.82) is 5.26 Å². The first kappa shape index (κ1) is 27.3. The van der Waals surface area contributed by atoms with E-state index in [9.17, 15) is 27.6 Å². The molecule has 3 aromatic carbocycles. The number of alkyl halides is 3. The van der Waals surface area contributed by atoms with Gasteiger partial charge in [0.15, 0.2) is 0 Å². The molecule has 13 heteroatoms. The molecule has 1 fully saturated rings. The summed E-state index contributed by atoms with van der Waals surface area (Å²) in [6, 6.07) is 11.6. The molecule has 0 saturated carbocycles. The number of imide groups is 1. The number of amides is 4. The highest BCUT2D eigenvalue weighted by molar-refractivity contribution is 6.30. The van der Waals surface area contributed by atoms with E-state index < -0.39 is 46.5 Å². The molecule has 1 aromatic heterocycles. The van der Waals surface area contributed by atoms with Gasteiger partial charge in [0.05, 0.1) is 34.6 Å². The number of nitrogens with zero attached hydrogens (tertiary/aromatic N) is 4. The van der Waals surface area contributed by atoms with Gasteiger partial charge in [0.1, 0.15) is 11.4 Å². The number of benzene rings is 3. The molecular weight excluding hydrogens is 544 g/mol. The van der Waals surface area contributed by atoms with Gasteiger partial charge in [0.2, 0.25) is 0 Å². The zero-order chi connectivity index (χ0) is 29.7. The zero-order valence-electron chi connectivity index (χ0n) is 21.5. The third kappa shape index (κ3) is 4.73. The fraction of sp³-hybridized carbons (Fsp3) is 0.179. The van der Waals surface area contributed by atoms with Gasteiger partial charge >= 0.3 is 12.2 Å². The Morgan fingerprint density at radius 1 is 1.07 bits per heavy atom. The summed E-state index contributed by atoms with van der Waals surface area (Å²) >= 11 is 0. The summed E-state index contributed by atoms with van der Waals surface area (Å²) in [5, 5.41) is 19.1. The normalized spacial score (nSPS) is 15.0. The second-order valence-corrected chi connectivity index (χ2v) is 9.79. The van der Waals surface area contributed by atoms with E-state index >= 15 is 4.39 Å². The SMILES string of the molecule is CC1(C)C(=O)N(c2ccc(C#N)c(C(F)(F)F)c2)C(=O)N1c1ccc(CNC(=O)c2ccc3[nH]ncc3c2)c(F)c1. The van der Waals surface area contributed by atoms with Crippen molar-refractivity contribution in [3.05, 3.63) is 88.9 Å². The van der Waals surface area contributed by atoms with E-state index in [4.69, 9.17) is 5.26 Å². The van der Waals surface area contributed by atoms with Gasteiger partial charge < -0.3 is 5.32 Å². The van der Waals surface area contributed by atoms with E-state index in [0.29, 0.717) is 16.5 Å². The average molecular weight is 564 g/mol. The maximum Gasteiger partial charge on any atom is 0.417 e. The average Bonchev–Trinajstić information content (AvgIpc) is 3.46. The second-order valence-electron chi connectivity index (χ2n) is 9.79. The number of fused-ring (bicyclic) bond motifs is 1. The van der Waals surface area contributed by atoms with Crippen LogP contribution in [-0.2, 0) is 17.5 Å². The van der Waals surface area contributed by atoms with Crippen LogP contribution < -0.4 is 15.1 Å². The van der Waals surface area contributed by atoms with Crippen LogP contribution in [0.25, 0.3) is 10.9 Å². The third-order valence-electron chi connectivity index (χ3n) is 6.79. The van der Waals surface area contributed by atoms with Crippen molar-refractivity contribution in [2.24, 2.45) is 0 Å². The number of H-pyrrole nitrogens is 1. The molecule has 0 radical (unpaired) electrons. The van der Waals surface area contributed by atoms with Gasteiger partial charge in [-0.1, -0.05) is 6.07 Å². The highest BCUT2D eigenvalue weighted by Crippen LogP contribution is 2.39. The second kappa shape index (κ2) is 9.74. The fourth-order valence-electron chi connectivity index (χ4n) is 4.64. The van der Waals surface area contributed by atoms with Crippen LogP contribution >= 0.6 is 0 Å². The lowest BCUT2D eigenvalue weighted by Gasteiger charge is -2.28. The van der Waals surface area contributed by atoms with Gasteiger partial charge in [-0.05, 0) is 62.4 Å². The molecular formula is C28H20F4N6O3. The van der Waals surface area contributed by atoms with E-state index in [0.717, 1.165) is 34.0 Å². The number of rotatable bonds is 5. The van der Waals surface area contributed by atoms with Crippen LogP contribution in [0.4, 0.5) is 33.7 Å². The number of aromatic amines is 1. The Labute approximate surface area is 230 Å². The Balaban J connectivity index is 1.38. The maximum absolute atomic E-state index is 15.1. The molecule has 2 heterocycles. The minimum Gasteiger partial charge on any atom is -0.348 e. The molecule has 1 aliphatic rings. The van der Waals surface area contributed by atoms with Crippen LogP contribution in [0.1, 0.15) is 40.9 Å². The summed E-state index contributed by atoms with van der Waals surface area (Å²) in [6.45, 7) is 2.58. The third-order valence-corrected chi connectivity index (χ3v) is 6.79. The van der Waals surface area contributed by atoms with E-state index in [1.54, 1.807) is 24.4 Å². The molecule has 0 unspecified atom stereocenters. The molecule has 9 nitrogen and oxygen atoms in total. The number of carbonyl (C=O) groups is 3. The van der Waals surface area contributed by atoms with E-state index in [2.05, 4.69) is 15.5 Å². The summed E-state index contributed by atoms with van der Waals surface area (Å²) in [7, 11) is 0. The number of halogens is 4. The monoisotopic (exact) mass is 564 g/mol. The highest BCUT2D eigenvalue weighted by Gasteiger charge is 2.53. The lowest BCUT2D eigenvalue weighted by atomic mass is 10.0. The lowest BCUT2D eigenvalue weighted by Crippen LogP contribution is -2.44. The summed E-state index contributed by atoms with van der Waals surface area (Å²) in [4.78, 5) is 40.8. The van der Waals surface area contributed by atoms with E-state index in [-0.39, 0.29) is 23.5 Å². The van der Waals surface area contributed by atoms with Crippen LogP contribution in [-0.4, -0.2) is 33.6 Å². The van der Waals surface area contributed by atoms with Crippen molar-refractivity contribution < 1.29 is 31.9 Å². The number of hydrogen-bond acceptors (Lipinski definition) is 5. The van der Waals surface area contributed by atoms with E-state index in [1.807, 2.05) is 0 Å². The van der Waals surface area contributed by atoms with Crippen molar-refractivity contribution in [3.63, 3.8) is 0 Å². The Kier molecular flexibility index (Phi) is 6.49. The molecule has 0 atom stereocenters. The Bertz CT molecular complexity index is 1770. The quantitative estimate of drug-likeness (QED) is 0.253. The maximum atomic E-state index is 15.1. The fourth-order valence-corrected chi connectivity index (χ4v) is 4.64. The number of hydrogen-bond donors (Lipinski definition) is 2. The van der Waals surface area contributed by atoms with Crippen LogP contribution in [0.2, 0.25) is 0 Å². The summed E-state index contributed by atoms with van der Waals surface area (Å²) in [5.74, 6) is -2.07. The molecule has 0 aliphatic carbocycles. The number of nitriles is 1. The summed E-state index contributed by atoms with van der Waals surface area (Å²) in [5.41, 5.74) is -2.75.